The molecule has 0 saturated heterocycles. The van der Waals surface area contributed by atoms with E-state index in [1.807, 2.05) is 60.7 Å². The molecule has 7 nitrogen and oxygen atoms in total. The number of rotatable bonds is 6. The molecule has 0 atom stereocenters. The number of nitrogens with one attached hydrogen (secondary N) is 3. The van der Waals surface area contributed by atoms with Crippen molar-refractivity contribution in [3.63, 3.8) is 0 Å². The third kappa shape index (κ3) is 6.24. The maximum absolute atomic E-state index is 12.0. The highest BCUT2D eigenvalue weighted by Crippen LogP contribution is 2.21. The normalized spacial score (nSPS) is 10.0. The molecule has 0 radical (unpaired) electrons. The van der Waals surface area contributed by atoms with Gasteiger partial charge in [-0.3, -0.25) is 25.2 Å². The van der Waals surface area contributed by atoms with E-state index in [9.17, 15) is 14.4 Å². The minimum atomic E-state index is -0.547. The van der Waals surface area contributed by atoms with Crippen LogP contribution in [-0.4, -0.2) is 30.9 Å². The second-order valence-corrected chi connectivity index (χ2v) is 6.93. The molecule has 0 saturated carbocycles. The molecular formula is C19H20IN3O4. The first-order valence-electron chi connectivity index (χ1n) is 8.18. The molecule has 0 aromatic heterocycles. The number of hydrogen-bond donors (Lipinski definition) is 3. The summed E-state index contributed by atoms with van der Waals surface area (Å²) in [5.74, 6) is -0.770. The minimum Gasteiger partial charge on any atom is -0.483 e. The van der Waals surface area contributed by atoms with E-state index in [1.165, 1.54) is 0 Å². The standard InChI is InChI=1S/C19H20IN3O4/c1-12-6-5-7-13(2)18(12)27-11-17(25)23-22-16(24)10-21-19(26)14-8-3-4-9-15(14)20/h3-9H,10-11H2,1-2H3,(H,21,26)(H,22,24)(H,23,25). The van der Waals surface area contributed by atoms with Crippen molar-refractivity contribution in [1.82, 2.24) is 16.2 Å². The summed E-state index contributed by atoms with van der Waals surface area (Å²) in [4.78, 5) is 35.6. The second kappa shape index (κ2) is 9.91. The number of aryl methyl sites for hydroxylation is 2. The third-order valence-electron chi connectivity index (χ3n) is 3.63. The molecule has 0 aliphatic heterocycles. The van der Waals surface area contributed by atoms with Crippen LogP contribution >= 0.6 is 22.6 Å². The number of carbonyl (C=O) groups is 3. The van der Waals surface area contributed by atoms with Crippen molar-refractivity contribution >= 4 is 40.3 Å². The quantitative estimate of drug-likeness (QED) is 0.434. The topological polar surface area (TPSA) is 96.5 Å². The lowest BCUT2D eigenvalue weighted by atomic mass is 10.1. The van der Waals surface area contributed by atoms with E-state index in [2.05, 4.69) is 16.2 Å². The zero-order valence-electron chi connectivity index (χ0n) is 15.0. The lowest BCUT2D eigenvalue weighted by molar-refractivity contribution is -0.129. The van der Waals surface area contributed by atoms with Crippen molar-refractivity contribution in [2.75, 3.05) is 13.2 Å². The molecule has 0 heterocycles. The fraction of sp³-hybridized carbons (Fsp3) is 0.211. The van der Waals surface area contributed by atoms with Crippen molar-refractivity contribution in [3.05, 3.63) is 62.7 Å². The fourth-order valence-electron chi connectivity index (χ4n) is 2.29. The highest BCUT2D eigenvalue weighted by molar-refractivity contribution is 14.1. The molecule has 8 heteroatoms. The van der Waals surface area contributed by atoms with Gasteiger partial charge in [-0.1, -0.05) is 30.3 Å². The van der Waals surface area contributed by atoms with Gasteiger partial charge in [0, 0.05) is 3.57 Å². The number of ether oxygens (including phenoxy) is 1. The lowest BCUT2D eigenvalue weighted by Gasteiger charge is -2.12. The van der Waals surface area contributed by atoms with Crippen molar-refractivity contribution in [1.29, 1.82) is 0 Å². The van der Waals surface area contributed by atoms with Crippen LogP contribution in [0.3, 0.4) is 0 Å². The number of halogens is 1. The van der Waals surface area contributed by atoms with Gasteiger partial charge in [-0.2, -0.15) is 0 Å². The first-order valence-corrected chi connectivity index (χ1v) is 9.25. The number of benzene rings is 2. The van der Waals surface area contributed by atoms with Crippen LogP contribution in [0.4, 0.5) is 0 Å². The number of carbonyl (C=O) groups excluding carboxylic acids is 3. The van der Waals surface area contributed by atoms with Crippen LogP contribution in [0.25, 0.3) is 0 Å². The Bertz CT molecular complexity index is 834. The average molecular weight is 481 g/mol. The fourth-order valence-corrected chi connectivity index (χ4v) is 2.92. The Balaban J connectivity index is 1.73. The molecule has 0 bridgehead atoms. The molecule has 3 N–H and O–H groups in total. The maximum Gasteiger partial charge on any atom is 0.276 e. The molecule has 0 unspecified atom stereocenters. The summed E-state index contributed by atoms with van der Waals surface area (Å²) in [6.07, 6.45) is 0. The van der Waals surface area contributed by atoms with Gasteiger partial charge in [0.1, 0.15) is 5.75 Å². The van der Waals surface area contributed by atoms with Gasteiger partial charge in [0.25, 0.3) is 17.7 Å². The molecule has 2 rings (SSSR count). The largest absolute Gasteiger partial charge is 0.483 e. The highest BCUT2D eigenvalue weighted by atomic mass is 127. The van der Waals surface area contributed by atoms with Crippen LogP contribution in [0.5, 0.6) is 5.75 Å². The summed E-state index contributed by atoms with van der Waals surface area (Å²) in [5.41, 5.74) is 6.81. The number of para-hydroxylation sites is 1. The summed E-state index contributed by atoms with van der Waals surface area (Å²) >= 11 is 2.04. The Labute approximate surface area is 171 Å². The second-order valence-electron chi connectivity index (χ2n) is 5.77. The summed E-state index contributed by atoms with van der Waals surface area (Å²) in [6, 6.07) is 12.7. The molecule has 142 valence electrons. The first-order chi connectivity index (χ1) is 12.9. The summed E-state index contributed by atoms with van der Waals surface area (Å²) in [6.45, 7) is 3.28. The van der Waals surface area contributed by atoms with Crippen molar-refractivity contribution < 1.29 is 19.1 Å². The molecule has 0 aliphatic rings. The van der Waals surface area contributed by atoms with Gasteiger partial charge in [-0.15, -0.1) is 0 Å². The number of amides is 3. The van der Waals surface area contributed by atoms with Gasteiger partial charge in [0.2, 0.25) is 0 Å². The van der Waals surface area contributed by atoms with Crippen LogP contribution in [-0.2, 0) is 9.59 Å². The summed E-state index contributed by atoms with van der Waals surface area (Å²) < 4.78 is 6.28. The Morgan fingerprint density at radius 1 is 0.926 bits per heavy atom. The van der Waals surface area contributed by atoms with Crippen LogP contribution in [0.2, 0.25) is 0 Å². The molecule has 3 amide bonds. The summed E-state index contributed by atoms with van der Waals surface area (Å²) in [5, 5.41) is 2.50. The predicted octanol–water partition coefficient (Wildman–Crippen LogP) is 1.86. The van der Waals surface area contributed by atoms with Crippen LogP contribution in [0, 0.1) is 17.4 Å². The monoisotopic (exact) mass is 481 g/mol. The van der Waals surface area contributed by atoms with Gasteiger partial charge in [0.15, 0.2) is 6.61 Å². The van der Waals surface area contributed by atoms with E-state index < -0.39 is 11.8 Å². The van der Waals surface area contributed by atoms with E-state index in [0.29, 0.717) is 11.3 Å². The van der Waals surface area contributed by atoms with Crippen molar-refractivity contribution in [2.45, 2.75) is 13.8 Å². The number of hydrazine groups is 1. The van der Waals surface area contributed by atoms with Crippen molar-refractivity contribution in [2.24, 2.45) is 0 Å². The van der Waals surface area contributed by atoms with E-state index in [4.69, 9.17) is 4.74 Å². The molecule has 2 aromatic rings. The van der Waals surface area contributed by atoms with E-state index >= 15 is 0 Å². The van der Waals surface area contributed by atoms with Crippen LogP contribution in [0.1, 0.15) is 21.5 Å². The lowest BCUT2D eigenvalue weighted by Crippen LogP contribution is -2.47. The van der Waals surface area contributed by atoms with Gasteiger partial charge in [-0.25, -0.2) is 0 Å². The van der Waals surface area contributed by atoms with E-state index in [-0.39, 0.29) is 19.1 Å². The van der Waals surface area contributed by atoms with E-state index in [1.54, 1.807) is 18.2 Å². The third-order valence-corrected chi connectivity index (χ3v) is 4.57. The van der Waals surface area contributed by atoms with Gasteiger partial charge in [0.05, 0.1) is 12.1 Å². The molecule has 0 aliphatic carbocycles. The Morgan fingerprint density at radius 3 is 2.22 bits per heavy atom. The van der Waals surface area contributed by atoms with Crippen molar-refractivity contribution in [3.8, 4) is 5.75 Å². The Morgan fingerprint density at radius 2 is 1.56 bits per heavy atom. The number of hydrogen-bond acceptors (Lipinski definition) is 4. The molecular weight excluding hydrogens is 461 g/mol. The van der Waals surface area contributed by atoms with Gasteiger partial charge >= 0.3 is 0 Å². The maximum atomic E-state index is 12.0. The average Bonchev–Trinajstić information content (AvgIpc) is 2.64. The van der Waals surface area contributed by atoms with E-state index in [0.717, 1.165) is 14.7 Å². The zero-order valence-corrected chi connectivity index (χ0v) is 17.1. The Hall–Kier alpha value is -2.62. The molecule has 27 heavy (non-hydrogen) atoms. The van der Waals surface area contributed by atoms with Gasteiger partial charge < -0.3 is 10.1 Å². The van der Waals surface area contributed by atoms with Crippen LogP contribution in [0.15, 0.2) is 42.5 Å². The van der Waals surface area contributed by atoms with Crippen LogP contribution < -0.4 is 20.9 Å². The molecule has 0 spiro atoms. The molecule has 0 fully saturated rings. The Kier molecular flexibility index (Phi) is 7.59. The SMILES string of the molecule is Cc1cccc(C)c1OCC(=O)NNC(=O)CNC(=O)c1ccccc1I. The molecule has 2 aromatic carbocycles. The summed E-state index contributed by atoms with van der Waals surface area (Å²) in [7, 11) is 0. The van der Waals surface area contributed by atoms with Gasteiger partial charge in [-0.05, 0) is 59.7 Å². The minimum absolute atomic E-state index is 0.236. The predicted molar refractivity (Wildman–Crippen MR) is 109 cm³/mol. The smallest absolute Gasteiger partial charge is 0.276 e. The highest BCUT2D eigenvalue weighted by Gasteiger charge is 2.12. The first kappa shape index (κ1) is 20.7. The zero-order chi connectivity index (χ0) is 19.8.